The van der Waals surface area contributed by atoms with E-state index in [0.29, 0.717) is 30.9 Å². The molecule has 0 saturated carbocycles. The molecule has 0 aromatic carbocycles. The van der Waals surface area contributed by atoms with Crippen molar-refractivity contribution in [3.05, 3.63) is 23.9 Å². The van der Waals surface area contributed by atoms with Gasteiger partial charge in [0.2, 0.25) is 5.88 Å². The topological polar surface area (TPSA) is 66.5 Å². The Balaban J connectivity index is 1.87. The van der Waals surface area contributed by atoms with E-state index in [9.17, 15) is 4.79 Å². The van der Waals surface area contributed by atoms with Crippen LogP contribution in [0.3, 0.4) is 0 Å². The number of pyridine rings is 1. The minimum atomic E-state index is -0.135. The van der Waals surface area contributed by atoms with Crippen LogP contribution in [0.5, 0.6) is 5.88 Å². The normalized spacial score (nSPS) is 15.9. The monoisotopic (exact) mass is 376 g/mol. The molecule has 2 N–H and O–H groups in total. The second-order valence-electron chi connectivity index (χ2n) is 7.58. The van der Waals surface area contributed by atoms with Crippen molar-refractivity contribution in [3.8, 4) is 5.88 Å². The maximum Gasteiger partial charge on any atom is 0.315 e. The molecule has 1 atom stereocenters. The number of nitrogens with one attached hydrogen (secondary N) is 2. The number of carbonyl (C=O) groups is 1. The first-order valence-corrected chi connectivity index (χ1v) is 10.4. The zero-order valence-corrected chi connectivity index (χ0v) is 17.3. The predicted molar refractivity (Wildman–Crippen MR) is 109 cm³/mol. The molecule has 1 aromatic heterocycles. The third-order valence-electron chi connectivity index (χ3n) is 5.31. The Morgan fingerprint density at radius 3 is 2.56 bits per heavy atom. The summed E-state index contributed by atoms with van der Waals surface area (Å²) in [4.78, 5) is 19.2. The van der Waals surface area contributed by atoms with Gasteiger partial charge in [-0.3, -0.25) is 4.90 Å². The first-order valence-electron chi connectivity index (χ1n) is 10.4. The highest BCUT2D eigenvalue weighted by molar-refractivity contribution is 5.73. The van der Waals surface area contributed by atoms with Gasteiger partial charge in [0.15, 0.2) is 0 Å². The van der Waals surface area contributed by atoms with Gasteiger partial charge in [-0.25, -0.2) is 9.78 Å². The van der Waals surface area contributed by atoms with Gasteiger partial charge >= 0.3 is 6.03 Å². The van der Waals surface area contributed by atoms with Gasteiger partial charge in [0.05, 0.1) is 6.10 Å². The molecule has 0 bridgehead atoms. The largest absolute Gasteiger partial charge is 0.475 e. The summed E-state index contributed by atoms with van der Waals surface area (Å²) in [6.45, 7) is 11.8. The molecule has 0 aliphatic carbocycles. The Hall–Kier alpha value is -1.82. The van der Waals surface area contributed by atoms with Crippen LogP contribution in [-0.2, 0) is 6.54 Å². The van der Waals surface area contributed by atoms with Crippen LogP contribution in [0.1, 0.15) is 58.9 Å². The first-order chi connectivity index (χ1) is 13.0. The molecule has 1 aliphatic rings. The lowest BCUT2D eigenvalue weighted by atomic mass is 9.93. The molecule has 152 valence electrons. The third kappa shape index (κ3) is 6.69. The lowest BCUT2D eigenvalue weighted by Gasteiger charge is -2.33. The molecule has 27 heavy (non-hydrogen) atoms. The summed E-state index contributed by atoms with van der Waals surface area (Å²) in [6.07, 6.45) is 6.58. The number of amides is 2. The Kier molecular flexibility index (Phi) is 8.85. The molecule has 2 rings (SSSR count). The fourth-order valence-corrected chi connectivity index (χ4v) is 3.82. The molecule has 2 amide bonds. The van der Waals surface area contributed by atoms with Crippen molar-refractivity contribution in [1.29, 1.82) is 0 Å². The van der Waals surface area contributed by atoms with E-state index in [0.717, 1.165) is 31.5 Å². The Morgan fingerprint density at radius 2 is 1.93 bits per heavy atom. The van der Waals surface area contributed by atoms with Crippen LogP contribution in [0, 0.1) is 5.92 Å². The minimum absolute atomic E-state index is 0.0497. The molecular formula is C21H36N4O2. The molecule has 0 radical (unpaired) electrons. The van der Waals surface area contributed by atoms with Crippen LogP contribution in [0.2, 0.25) is 0 Å². The molecule has 1 fully saturated rings. The summed E-state index contributed by atoms with van der Waals surface area (Å²) in [5.41, 5.74) is 0.887. The van der Waals surface area contributed by atoms with Crippen LogP contribution >= 0.6 is 0 Å². The minimum Gasteiger partial charge on any atom is -0.475 e. The molecule has 1 aliphatic heterocycles. The quantitative estimate of drug-likeness (QED) is 0.655. The number of nitrogens with zero attached hydrogens (tertiary/aromatic N) is 2. The maximum absolute atomic E-state index is 12.4. The Bertz CT molecular complexity index is 567. The highest BCUT2D eigenvalue weighted by Crippen LogP contribution is 2.22. The number of likely N-dealkylation sites (tertiary alicyclic amines) is 1. The summed E-state index contributed by atoms with van der Waals surface area (Å²) in [5.74, 6) is 1.20. The predicted octanol–water partition coefficient (Wildman–Crippen LogP) is 3.57. The van der Waals surface area contributed by atoms with Gasteiger partial charge in [-0.15, -0.1) is 0 Å². The second kappa shape index (κ2) is 11.1. The summed E-state index contributed by atoms with van der Waals surface area (Å²) < 4.78 is 5.71. The number of hydrogen-bond acceptors (Lipinski definition) is 4. The van der Waals surface area contributed by atoms with E-state index < -0.39 is 0 Å². The summed E-state index contributed by atoms with van der Waals surface area (Å²) in [7, 11) is 0. The fraction of sp³-hybridized carbons (Fsp3) is 0.714. The van der Waals surface area contributed by atoms with Crippen molar-refractivity contribution in [3.63, 3.8) is 0 Å². The zero-order chi connectivity index (χ0) is 19.6. The molecule has 0 spiro atoms. The van der Waals surface area contributed by atoms with E-state index in [1.54, 1.807) is 6.20 Å². The van der Waals surface area contributed by atoms with Gasteiger partial charge in [0, 0.05) is 30.9 Å². The average molecular weight is 377 g/mol. The Labute approximate surface area is 164 Å². The molecule has 6 nitrogen and oxygen atoms in total. The molecule has 2 heterocycles. The van der Waals surface area contributed by atoms with Crippen molar-refractivity contribution >= 4 is 6.03 Å². The third-order valence-corrected chi connectivity index (χ3v) is 5.31. The molecule has 1 aromatic rings. The summed E-state index contributed by atoms with van der Waals surface area (Å²) in [5, 5.41) is 6.03. The van der Waals surface area contributed by atoms with Crippen LogP contribution in [0.15, 0.2) is 18.3 Å². The Morgan fingerprint density at radius 1 is 1.22 bits per heavy atom. The average Bonchev–Trinajstić information content (AvgIpc) is 3.18. The van der Waals surface area contributed by atoms with Gasteiger partial charge in [-0.2, -0.15) is 0 Å². The number of rotatable bonds is 10. The van der Waals surface area contributed by atoms with Crippen molar-refractivity contribution in [2.75, 3.05) is 19.6 Å². The number of ether oxygens (including phenoxy) is 1. The van der Waals surface area contributed by atoms with E-state index in [1.165, 1.54) is 12.8 Å². The number of carbonyl (C=O) groups excluding carboxylic acids is 1. The van der Waals surface area contributed by atoms with Gasteiger partial charge < -0.3 is 15.4 Å². The highest BCUT2D eigenvalue weighted by atomic mass is 16.5. The zero-order valence-electron chi connectivity index (χ0n) is 17.3. The van der Waals surface area contributed by atoms with Crippen LogP contribution in [-0.4, -0.2) is 47.7 Å². The highest BCUT2D eigenvalue weighted by Gasteiger charge is 2.27. The lowest BCUT2D eigenvalue weighted by Crippen LogP contribution is -2.48. The van der Waals surface area contributed by atoms with Crippen LogP contribution in [0.25, 0.3) is 0 Å². The van der Waals surface area contributed by atoms with E-state index in [-0.39, 0.29) is 12.1 Å². The van der Waals surface area contributed by atoms with Crippen LogP contribution < -0.4 is 15.4 Å². The molecule has 1 unspecified atom stereocenters. The van der Waals surface area contributed by atoms with Gasteiger partial charge in [-0.1, -0.05) is 32.8 Å². The van der Waals surface area contributed by atoms with E-state index >= 15 is 0 Å². The summed E-state index contributed by atoms with van der Waals surface area (Å²) in [6, 6.07) is 4.08. The number of urea groups is 1. The lowest BCUT2D eigenvalue weighted by molar-refractivity contribution is 0.161. The SMILES string of the molecule is CCC(CC)C(CNC(=O)NCc1cccnc1OC(C)C)N1CCCC1. The fourth-order valence-electron chi connectivity index (χ4n) is 3.82. The van der Waals surface area contributed by atoms with Crippen molar-refractivity contribution in [2.24, 2.45) is 5.92 Å². The van der Waals surface area contributed by atoms with E-state index in [4.69, 9.17) is 4.74 Å². The van der Waals surface area contributed by atoms with Gasteiger partial charge in [-0.05, 0) is 51.8 Å². The maximum atomic E-state index is 12.4. The van der Waals surface area contributed by atoms with Crippen molar-refractivity contribution in [2.45, 2.75) is 72.1 Å². The second-order valence-corrected chi connectivity index (χ2v) is 7.58. The van der Waals surface area contributed by atoms with Gasteiger partial charge in [0.1, 0.15) is 0 Å². The smallest absolute Gasteiger partial charge is 0.315 e. The van der Waals surface area contributed by atoms with E-state index in [1.807, 2.05) is 26.0 Å². The standard InChI is InChI=1S/C21H36N4O2/c1-5-17(6-2)19(25-12-7-8-13-25)15-24-21(26)23-14-18-10-9-11-22-20(18)27-16(3)4/h9-11,16-17,19H,5-8,12-15H2,1-4H3,(H2,23,24,26). The molecule has 6 heteroatoms. The molecule has 1 saturated heterocycles. The van der Waals surface area contributed by atoms with Crippen molar-refractivity contribution < 1.29 is 9.53 Å². The van der Waals surface area contributed by atoms with Crippen LogP contribution in [0.4, 0.5) is 4.79 Å². The van der Waals surface area contributed by atoms with E-state index in [2.05, 4.69) is 34.4 Å². The number of aromatic nitrogens is 1. The molecular weight excluding hydrogens is 340 g/mol. The van der Waals surface area contributed by atoms with Gasteiger partial charge in [0.25, 0.3) is 0 Å². The first kappa shape index (κ1) is 21.5. The number of hydrogen-bond donors (Lipinski definition) is 2. The summed E-state index contributed by atoms with van der Waals surface area (Å²) >= 11 is 0. The van der Waals surface area contributed by atoms with Crippen molar-refractivity contribution in [1.82, 2.24) is 20.5 Å².